The molecule has 0 aromatic carbocycles. The first-order valence-electron chi connectivity index (χ1n) is 8.01. The van der Waals surface area contributed by atoms with Crippen LogP contribution in [0.4, 0.5) is 0 Å². The van der Waals surface area contributed by atoms with Gasteiger partial charge in [0.25, 0.3) is 5.56 Å². The van der Waals surface area contributed by atoms with Gasteiger partial charge in [-0.15, -0.1) is 11.3 Å². The number of piperidine rings is 1. The van der Waals surface area contributed by atoms with Crippen molar-refractivity contribution in [3.63, 3.8) is 0 Å². The third-order valence-corrected chi connectivity index (χ3v) is 5.21. The predicted molar refractivity (Wildman–Crippen MR) is 92.5 cm³/mol. The number of likely N-dealkylation sites (tertiary alicyclic amines) is 1. The van der Waals surface area contributed by atoms with E-state index in [4.69, 9.17) is 4.74 Å². The third kappa shape index (κ3) is 3.91. The molecule has 0 spiro atoms. The number of thiophene rings is 1. The molecule has 1 fully saturated rings. The summed E-state index contributed by atoms with van der Waals surface area (Å²) in [4.78, 5) is 33.4. The maximum absolute atomic E-state index is 11.7. The number of methoxy groups -OCH3 is 1. The van der Waals surface area contributed by atoms with E-state index in [0.717, 1.165) is 43.7 Å². The minimum Gasteiger partial charge on any atom is -0.465 e. The number of ether oxygens (including phenoxy) is 1. The lowest BCUT2D eigenvalue weighted by atomic mass is 9.94. The number of carbonyl (C=O) groups is 1. The van der Waals surface area contributed by atoms with Crippen LogP contribution in [0, 0.1) is 6.92 Å². The summed E-state index contributed by atoms with van der Waals surface area (Å²) < 4.78 is 4.75. The van der Waals surface area contributed by atoms with E-state index in [1.165, 1.54) is 18.4 Å². The monoisotopic (exact) mass is 347 g/mol. The zero-order chi connectivity index (χ0) is 17.1. The summed E-state index contributed by atoms with van der Waals surface area (Å²) in [5.41, 5.74) is 1.91. The Bertz CT molecular complexity index is 783. The minimum absolute atomic E-state index is 0.0878. The molecule has 0 unspecified atom stereocenters. The highest BCUT2D eigenvalue weighted by Gasteiger charge is 2.23. The van der Waals surface area contributed by atoms with Crippen molar-refractivity contribution in [3.05, 3.63) is 49.8 Å². The number of hydrogen-bond acceptors (Lipinski definition) is 6. The van der Waals surface area contributed by atoms with Crippen molar-refractivity contribution in [2.45, 2.75) is 32.2 Å². The number of aromatic nitrogens is 2. The van der Waals surface area contributed by atoms with Crippen LogP contribution < -0.4 is 5.56 Å². The second kappa shape index (κ2) is 7.27. The topological polar surface area (TPSA) is 75.3 Å². The van der Waals surface area contributed by atoms with Crippen molar-refractivity contribution in [2.75, 3.05) is 20.2 Å². The Labute approximate surface area is 144 Å². The number of rotatable bonds is 4. The van der Waals surface area contributed by atoms with E-state index >= 15 is 0 Å². The van der Waals surface area contributed by atoms with Gasteiger partial charge < -0.3 is 9.72 Å². The standard InChI is InChI=1S/C17H21N3O3S/c1-11-18-14(7-16(21)19-11)13-4-3-5-20(9-13)8-12-6-15(24-10-12)17(22)23-2/h6-7,10,13H,3-5,8-9H2,1-2H3,(H,18,19,21)/t13-/m1/s1. The summed E-state index contributed by atoms with van der Waals surface area (Å²) in [5.74, 6) is 0.652. The van der Waals surface area contributed by atoms with Gasteiger partial charge in [0.15, 0.2) is 0 Å². The van der Waals surface area contributed by atoms with Crippen molar-refractivity contribution in [2.24, 2.45) is 0 Å². The molecular formula is C17H21N3O3S. The Balaban J connectivity index is 1.68. The molecular weight excluding hydrogens is 326 g/mol. The summed E-state index contributed by atoms with van der Waals surface area (Å²) in [6, 6.07) is 3.51. The largest absolute Gasteiger partial charge is 0.465 e. The van der Waals surface area contributed by atoms with Gasteiger partial charge in [0.05, 0.1) is 12.8 Å². The Morgan fingerprint density at radius 1 is 1.50 bits per heavy atom. The molecule has 1 N–H and O–H groups in total. The second-order valence-electron chi connectivity index (χ2n) is 6.14. The highest BCUT2D eigenvalue weighted by Crippen LogP contribution is 2.27. The van der Waals surface area contributed by atoms with Crippen molar-refractivity contribution in [1.29, 1.82) is 0 Å². The van der Waals surface area contributed by atoms with Crippen LogP contribution >= 0.6 is 11.3 Å². The maximum atomic E-state index is 11.7. The molecule has 3 rings (SSSR count). The minimum atomic E-state index is -0.286. The van der Waals surface area contributed by atoms with Crippen LogP contribution in [0.1, 0.15) is 45.5 Å². The Hall–Kier alpha value is -1.99. The number of nitrogens with zero attached hydrogens (tertiary/aromatic N) is 2. The first kappa shape index (κ1) is 16.9. The van der Waals surface area contributed by atoms with Gasteiger partial charge in [-0.2, -0.15) is 0 Å². The molecule has 1 saturated heterocycles. The lowest BCUT2D eigenvalue weighted by Gasteiger charge is -2.32. The number of carbonyl (C=O) groups excluding carboxylic acids is 1. The van der Waals surface area contributed by atoms with E-state index in [2.05, 4.69) is 14.9 Å². The number of nitrogens with one attached hydrogen (secondary N) is 1. The quantitative estimate of drug-likeness (QED) is 0.859. The first-order chi connectivity index (χ1) is 11.5. The van der Waals surface area contributed by atoms with Gasteiger partial charge in [0.1, 0.15) is 10.7 Å². The van der Waals surface area contributed by atoms with Gasteiger partial charge in [-0.3, -0.25) is 9.69 Å². The van der Waals surface area contributed by atoms with Crippen LogP contribution in [0.25, 0.3) is 0 Å². The molecule has 2 aromatic heterocycles. The van der Waals surface area contributed by atoms with E-state index in [9.17, 15) is 9.59 Å². The molecule has 6 nitrogen and oxygen atoms in total. The van der Waals surface area contributed by atoms with Crippen molar-refractivity contribution in [3.8, 4) is 0 Å². The summed E-state index contributed by atoms with van der Waals surface area (Å²) >= 11 is 1.41. The lowest BCUT2D eigenvalue weighted by molar-refractivity contribution is 0.0606. The van der Waals surface area contributed by atoms with Crippen LogP contribution in [0.5, 0.6) is 0 Å². The van der Waals surface area contributed by atoms with Gasteiger partial charge in [0, 0.05) is 25.1 Å². The van der Waals surface area contributed by atoms with Gasteiger partial charge in [-0.25, -0.2) is 9.78 Å². The van der Waals surface area contributed by atoms with Gasteiger partial charge in [-0.05, 0) is 43.3 Å². The Morgan fingerprint density at radius 2 is 2.33 bits per heavy atom. The lowest BCUT2D eigenvalue weighted by Crippen LogP contribution is -2.34. The number of esters is 1. The van der Waals surface area contributed by atoms with Gasteiger partial charge in [0.2, 0.25) is 0 Å². The van der Waals surface area contributed by atoms with Gasteiger partial charge in [-0.1, -0.05) is 0 Å². The number of aryl methyl sites for hydroxylation is 1. The SMILES string of the molecule is COC(=O)c1cc(CN2CCC[C@@H](c3cc(=O)[nH]c(C)n3)C2)cs1. The molecule has 2 aromatic rings. The molecule has 7 heteroatoms. The summed E-state index contributed by atoms with van der Waals surface area (Å²) in [6.07, 6.45) is 2.12. The normalized spacial score (nSPS) is 18.5. The van der Waals surface area contributed by atoms with E-state index in [1.807, 2.05) is 18.4 Å². The van der Waals surface area contributed by atoms with Crippen molar-refractivity contribution in [1.82, 2.24) is 14.9 Å². The fourth-order valence-corrected chi connectivity index (χ4v) is 4.00. The molecule has 0 bridgehead atoms. The van der Waals surface area contributed by atoms with E-state index in [0.29, 0.717) is 10.7 Å². The Kier molecular flexibility index (Phi) is 5.11. The second-order valence-corrected chi connectivity index (χ2v) is 7.05. The van der Waals surface area contributed by atoms with E-state index in [-0.39, 0.29) is 17.4 Å². The molecule has 1 aliphatic rings. The van der Waals surface area contributed by atoms with Crippen LogP contribution in [-0.4, -0.2) is 41.0 Å². The molecule has 3 heterocycles. The summed E-state index contributed by atoms with van der Waals surface area (Å²) in [7, 11) is 1.40. The molecule has 0 saturated carbocycles. The fraction of sp³-hybridized carbons (Fsp3) is 0.471. The zero-order valence-electron chi connectivity index (χ0n) is 13.9. The smallest absolute Gasteiger partial charge is 0.348 e. The zero-order valence-corrected chi connectivity index (χ0v) is 14.7. The fourth-order valence-electron chi connectivity index (χ4n) is 3.18. The van der Waals surface area contributed by atoms with Crippen molar-refractivity contribution < 1.29 is 9.53 Å². The maximum Gasteiger partial charge on any atom is 0.348 e. The molecule has 0 aliphatic carbocycles. The molecule has 24 heavy (non-hydrogen) atoms. The summed E-state index contributed by atoms with van der Waals surface area (Å²) in [5, 5.41) is 2.01. The van der Waals surface area contributed by atoms with Crippen LogP contribution in [0.15, 0.2) is 22.3 Å². The van der Waals surface area contributed by atoms with Crippen LogP contribution in [0.3, 0.4) is 0 Å². The van der Waals surface area contributed by atoms with Crippen molar-refractivity contribution >= 4 is 17.3 Å². The molecule has 0 radical (unpaired) electrons. The highest BCUT2D eigenvalue weighted by molar-refractivity contribution is 7.12. The first-order valence-corrected chi connectivity index (χ1v) is 8.89. The third-order valence-electron chi connectivity index (χ3n) is 4.25. The number of hydrogen-bond donors (Lipinski definition) is 1. The average Bonchev–Trinajstić information content (AvgIpc) is 3.02. The van der Waals surface area contributed by atoms with Gasteiger partial charge >= 0.3 is 5.97 Å². The van der Waals surface area contributed by atoms with E-state index < -0.39 is 0 Å². The Morgan fingerprint density at radius 3 is 3.08 bits per heavy atom. The predicted octanol–water partition coefficient (Wildman–Crippen LogP) is 2.31. The van der Waals surface area contributed by atoms with E-state index in [1.54, 1.807) is 6.07 Å². The number of H-pyrrole nitrogens is 1. The van der Waals surface area contributed by atoms with Crippen LogP contribution in [-0.2, 0) is 11.3 Å². The summed E-state index contributed by atoms with van der Waals surface area (Å²) in [6.45, 7) is 4.50. The molecule has 1 atom stereocenters. The molecule has 0 amide bonds. The highest BCUT2D eigenvalue weighted by atomic mass is 32.1. The molecule has 128 valence electrons. The van der Waals surface area contributed by atoms with Crippen LogP contribution in [0.2, 0.25) is 0 Å². The molecule has 1 aliphatic heterocycles. The number of aromatic amines is 1. The average molecular weight is 347 g/mol.